The molecule has 3 aromatic carbocycles. The standard InChI is InChI=1S/C26H28O3/c1-3-20(2)24-11-7-8-21(18-24)19-28-16-17-29-25-14-12-23(13-15-25)26(27)22-9-5-4-6-10-22/h4-15,18,20H,3,16-17,19H2,1-2H3. The predicted molar refractivity (Wildman–Crippen MR) is 117 cm³/mol. The molecule has 150 valence electrons. The van der Waals surface area contributed by atoms with Crippen LogP contribution in [0.5, 0.6) is 5.75 Å². The summed E-state index contributed by atoms with van der Waals surface area (Å²) in [6.45, 7) is 6.01. The minimum absolute atomic E-state index is 0.0140. The Balaban J connectivity index is 1.43. The van der Waals surface area contributed by atoms with E-state index in [1.807, 2.05) is 42.5 Å². The molecule has 0 aliphatic carbocycles. The van der Waals surface area contributed by atoms with Gasteiger partial charge in [0, 0.05) is 11.1 Å². The van der Waals surface area contributed by atoms with Gasteiger partial charge in [0.25, 0.3) is 0 Å². The number of rotatable bonds is 10. The van der Waals surface area contributed by atoms with E-state index in [9.17, 15) is 4.79 Å². The maximum atomic E-state index is 12.4. The molecule has 3 rings (SSSR count). The third-order valence-electron chi connectivity index (χ3n) is 5.05. The Labute approximate surface area is 173 Å². The van der Waals surface area contributed by atoms with E-state index in [0.717, 1.165) is 12.2 Å². The van der Waals surface area contributed by atoms with Crippen LogP contribution in [-0.2, 0) is 11.3 Å². The Morgan fingerprint density at radius 3 is 2.31 bits per heavy atom. The predicted octanol–water partition coefficient (Wildman–Crippen LogP) is 6.03. The SMILES string of the molecule is CCC(C)c1cccc(COCCOc2ccc(C(=O)c3ccccc3)cc2)c1. The largest absolute Gasteiger partial charge is 0.491 e. The lowest BCUT2D eigenvalue weighted by molar-refractivity contribution is 0.0888. The summed E-state index contributed by atoms with van der Waals surface area (Å²) in [5, 5.41) is 0. The summed E-state index contributed by atoms with van der Waals surface area (Å²) in [6.07, 6.45) is 1.13. The van der Waals surface area contributed by atoms with Crippen molar-refractivity contribution in [2.24, 2.45) is 0 Å². The molecule has 0 saturated heterocycles. The smallest absolute Gasteiger partial charge is 0.193 e. The summed E-state index contributed by atoms with van der Waals surface area (Å²) in [6, 6.07) is 25.1. The molecule has 0 heterocycles. The molecule has 0 saturated carbocycles. The summed E-state index contributed by atoms with van der Waals surface area (Å²) in [7, 11) is 0. The molecule has 0 fully saturated rings. The number of hydrogen-bond acceptors (Lipinski definition) is 3. The van der Waals surface area contributed by atoms with E-state index in [0.29, 0.717) is 36.9 Å². The summed E-state index contributed by atoms with van der Waals surface area (Å²) >= 11 is 0. The summed E-state index contributed by atoms with van der Waals surface area (Å²) < 4.78 is 11.5. The first-order chi connectivity index (χ1) is 14.2. The monoisotopic (exact) mass is 388 g/mol. The zero-order valence-electron chi connectivity index (χ0n) is 17.1. The normalized spacial score (nSPS) is 11.8. The first-order valence-electron chi connectivity index (χ1n) is 10.2. The van der Waals surface area contributed by atoms with Crippen molar-refractivity contribution in [3.8, 4) is 5.75 Å². The topological polar surface area (TPSA) is 35.5 Å². The van der Waals surface area contributed by atoms with Gasteiger partial charge in [0.05, 0.1) is 13.2 Å². The number of ether oxygens (including phenoxy) is 2. The van der Waals surface area contributed by atoms with Gasteiger partial charge in [0.15, 0.2) is 5.78 Å². The van der Waals surface area contributed by atoms with Gasteiger partial charge in [-0.2, -0.15) is 0 Å². The van der Waals surface area contributed by atoms with Crippen molar-refractivity contribution in [3.05, 3.63) is 101 Å². The van der Waals surface area contributed by atoms with Crippen LogP contribution in [0.3, 0.4) is 0 Å². The van der Waals surface area contributed by atoms with Gasteiger partial charge in [-0.1, -0.05) is 68.4 Å². The van der Waals surface area contributed by atoms with Gasteiger partial charge in [0.1, 0.15) is 12.4 Å². The van der Waals surface area contributed by atoms with Gasteiger partial charge in [-0.05, 0) is 47.7 Å². The van der Waals surface area contributed by atoms with Crippen LogP contribution in [-0.4, -0.2) is 19.0 Å². The van der Waals surface area contributed by atoms with Gasteiger partial charge >= 0.3 is 0 Å². The van der Waals surface area contributed by atoms with Crippen LogP contribution in [0.4, 0.5) is 0 Å². The minimum atomic E-state index is 0.0140. The molecule has 0 aromatic heterocycles. The lowest BCUT2D eigenvalue weighted by Crippen LogP contribution is -2.07. The van der Waals surface area contributed by atoms with Crippen molar-refractivity contribution in [3.63, 3.8) is 0 Å². The van der Waals surface area contributed by atoms with Gasteiger partial charge in [-0.25, -0.2) is 0 Å². The highest BCUT2D eigenvalue weighted by Gasteiger charge is 2.08. The van der Waals surface area contributed by atoms with E-state index in [1.54, 1.807) is 12.1 Å². The van der Waals surface area contributed by atoms with Crippen molar-refractivity contribution in [1.82, 2.24) is 0 Å². The van der Waals surface area contributed by atoms with Crippen LogP contribution in [0, 0.1) is 0 Å². The highest BCUT2D eigenvalue weighted by atomic mass is 16.5. The third kappa shape index (κ3) is 6.03. The van der Waals surface area contributed by atoms with E-state index >= 15 is 0 Å². The van der Waals surface area contributed by atoms with Crippen LogP contribution in [0.1, 0.15) is 53.2 Å². The molecule has 3 aromatic rings. The zero-order valence-corrected chi connectivity index (χ0v) is 17.1. The lowest BCUT2D eigenvalue weighted by atomic mass is 9.97. The molecule has 0 amide bonds. The number of hydrogen-bond donors (Lipinski definition) is 0. The molecule has 0 aliphatic rings. The quantitative estimate of drug-likeness (QED) is 0.314. The highest BCUT2D eigenvalue weighted by molar-refractivity contribution is 6.08. The van der Waals surface area contributed by atoms with E-state index < -0.39 is 0 Å². The maximum Gasteiger partial charge on any atom is 0.193 e. The second-order valence-corrected chi connectivity index (χ2v) is 7.17. The van der Waals surface area contributed by atoms with Crippen molar-refractivity contribution >= 4 is 5.78 Å². The van der Waals surface area contributed by atoms with Gasteiger partial charge in [-0.15, -0.1) is 0 Å². The molecular formula is C26H28O3. The van der Waals surface area contributed by atoms with Crippen LogP contribution in [0.15, 0.2) is 78.9 Å². The highest BCUT2D eigenvalue weighted by Crippen LogP contribution is 2.20. The second-order valence-electron chi connectivity index (χ2n) is 7.17. The molecule has 3 heteroatoms. The van der Waals surface area contributed by atoms with Crippen molar-refractivity contribution in [2.45, 2.75) is 32.8 Å². The maximum absolute atomic E-state index is 12.4. The summed E-state index contributed by atoms with van der Waals surface area (Å²) in [5.74, 6) is 1.31. The Bertz CT molecular complexity index is 901. The summed E-state index contributed by atoms with van der Waals surface area (Å²) in [4.78, 5) is 12.4. The molecule has 1 atom stereocenters. The number of carbonyl (C=O) groups excluding carboxylic acids is 1. The van der Waals surface area contributed by atoms with E-state index in [2.05, 4.69) is 38.1 Å². The molecular weight excluding hydrogens is 360 g/mol. The summed E-state index contributed by atoms with van der Waals surface area (Å²) in [5.41, 5.74) is 3.88. The van der Waals surface area contributed by atoms with E-state index in [1.165, 1.54) is 11.1 Å². The van der Waals surface area contributed by atoms with Crippen LogP contribution >= 0.6 is 0 Å². The van der Waals surface area contributed by atoms with Crippen LogP contribution < -0.4 is 4.74 Å². The van der Waals surface area contributed by atoms with Crippen molar-refractivity contribution in [1.29, 1.82) is 0 Å². The molecule has 0 N–H and O–H groups in total. The van der Waals surface area contributed by atoms with Gasteiger partial charge in [0.2, 0.25) is 0 Å². The lowest BCUT2D eigenvalue weighted by Gasteiger charge is -2.11. The van der Waals surface area contributed by atoms with Crippen molar-refractivity contribution in [2.75, 3.05) is 13.2 Å². The van der Waals surface area contributed by atoms with Crippen molar-refractivity contribution < 1.29 is 14.3 Å². The molecule has 0 aliphatic heterocycles. The molecule has 0 radical (unpaired) electrons. The molecule has 0 spiro atoms. The zero-order chi connectivity index (χ0) is 20.5. The Hall–Kier alpha value is -2.91. The molecule has 29 heavy (non-hydrogen) atoms. The Kier molecular flexibility index (Phi) is 7.60. The molecule has 3 nitrogen and oxygen atoms in total. The minimum Gasteiger partial charge on any atom is -0.491 e. The van der Waals surface area contributed by atoms with Crippen LogP contribution in [0.25, 0.3) is 0 Å². The van der Waals surface area contributed by atoms with E-state index in [4.69, 9.17) is 9.47 Å². The van der Waals surface area contributed by atoms with Gasteiger partial charge < -0.3 is 9.47 Å². The van der Waals surface area contributed by atoms with Gasteiger partial charge in [-0.3, -0.25) is 4.79 Å². The molecule has 0 bridgehead atoms. The number of ketones is 1. The van der Waals surface area contributed by atoms with E-state index in [-0.39, 0.29) is 5.78 Å². The number of carbonyl (C=O) groups is 1. The average Bonchev–Trinajstić information content (AvgIpc) is 2.79. The molecule has 1 unspecified atom stereocenters. The Morgan fingerprint density at radius 1 is 0.862 bits per heavy atom. The first kappa shape index (κ1) is 20.8. The second kappa shape index (κ2) is 10.6. The number of benzene rings is 3. The first-order valence-corrected chi connectivity index (χ1v) is 10.2. The Morgan fingerprint density at radius 2 is 1.59 bits per heavy atom. The fourth-order valence-electron chi connectivity index (χ4n) is 3.09. The average molecular weight is 389 g/mol. The van der Waals surface area contributed by atoms with Crippen LogP contribution in [0.2, 0.25) is 0 Å². The fourth-order valence-corrected chi connectivity index (χ4v) is 3.09. The third-order valence-corrected chi connectivity index (χ3v) is 5.05. The fraction of sp³-hybridized carbons (Fsp3) is 0.269.